The van der Waals surface area contributed by atoms with Gasteiger partial charge in [0, 0.05) is 6.54 Å². The van der Waals surface area contributed by atoms with Gasteiger partial charge in [0.1, 0.15) is 0 Å². The molecule has 0 aliphatic carbocycles. The molecule has 4 nitrogen and oxygen atoms in total. The maximum atomic E-state index is 11.1. The predicted molar refractivity (Wildman–Crippen MR) is 57.6 cm³/mol. The minimum atomic E-state index is -0.00393. The van der Waals surface area contributed by atoms with Crippen molar-refractivity contribution in [2.75, 3.05) is 32.7 Å². The molecule has 0 saturated carbocycles. The zero-order valence-electron chi connectivity index (χ0n) is 10.4. The Morgan fingerprint density at radius 1 is 1.40 bits per heavy atom. The Kier molecular flexibility index (Phi) is 8.74. The Labute approximate surface area is 142 Å². The maximum absolute atomic E-state index is 11.1. The Morgan fingerprint density at radius 2 is 2.07 bits per heavy atom. The molecule has 0 aromatic rings. The number of piperazine rings is 1. The number of hydrogen-bond donors (Lipinski definition) is 0. The maximum Gasteiger partial charge on any atom is 1.00 e. The largest absolute Gasteiger partial charge is 1.00 e. The number of nitrogens with zero attached hydrogens (tertiary/aromatic N) is 3. The standard InChI is InChI=1S/C8H15N3O.C2H6.Rb/c1-2-10-3-4-11-7(6-10)5-9-8(11)12;1-2;/h7H,2-6H2,1H3,(H,9,12);1-2H3;/q;;+1/p-1. The van der Waals surface area contributed by atoms with Gasteiger partial charge < -0.3 is 15.1 Å². The monoisotopic (exact) mass is 283 g/mol. The minimum Gasteiger partial charge on any atom is -0.431 e. The van der Waals surface area contributed by atoms with Gasteiger partial charge >= 0.3 is 58.2 Å². The normalized spacial score (nSPS) is 24.6. The smallest absolute Gasteiger partial charge is 0.431 e. The average Bonchev–Trinajstić information content (AvgIpc) is 2.63. The van der Waals surface area contributed by atoms with E-state index in [0.29, 0.717) is 12.6 Å². The van der Waals surface area contributed by atoms with Gasteiger partial charge in [-0.25, -0.2) is 0 Å². The topological polar surface area (TPSA) is 37.7 Å². The van der Waals surface area contributed by atoms with E-state index in [1.807, 2.05) is 18.7 Å². The van der Waals surface area contributed by atoms with Crippen molar-refractivity contribution in [3.8, 4) is 0 Å². The van der Waals surface area contributed by atoms with Crippen molar-refractivity contribution < 1.29 is 63.0 Å². The number of likely N-dealkylation sites (N-methyl/N-ethyl adjacent to an activating group) is 1. The van der Waals surface area contributed by atoms with Gasteiger partial charge in [-0.3, -0.25) is 4.79 Å². The summed E-state index contributed by atoms with van der Waals surface area (Å²) >= 11 is 0. The van der Waals surface area contributed by atoms with Crippen molar-refractivity contribution in [2.45, 2.75) is 26.8 Å². The molecule has 0 aromatic carbocycles. The van der Waals surface area contributed by atoms with Gasteiger partial charge in [-0.1, -0.05) is 20.8 Å². The van der Waals surface area contributed by atoms with E-state index in [0.717, 1.165) is 26.2 Å². The number of amides is 2. The van der Waals surface area contributed by atoms with Crippen LogP contribution >= 0.6 is 0 Å². The van der Waals surface area contributed by atoms with Crippen molar-refractivity contribution in [3.05, 3.63) is 5.32 Å². The summed E-state index contributed by atoms with van der Waals surface area (Å²) in [7, 11) is 0. The van der Waals surface area contributed by atoms with E-state index in [2.05, 4.69) is 17.1 Å². The van der Waals surface area contributed by atoms with Gasteiger partial charge in [0.05, 0.1) is 0 Å². The third kappa shape index (κ3) is 4.08. The van der Waals surface area contributed by atoms with Crippen LogP contribution in [0.3, 0.4) is 0 Å². The second-order valence-corrected chi connectivity index (χ2v) is 3.36. The van der Waals surface area contributed by atoms with E-state index in [1.54, 1.807) is 0 Å². The molecule has 0 radical (unpaired) electrons. The predicted octanol–water partition coefficient (Wildman–Crippen LogP) is -1.47. The Balaban J connectivity index is 0.000000617. The molecule has 0 bridgehead atoms. The molecule has 5 heteroatoms. The molecule has 2 fully saturated rings. The summed E-state index contributed by atoms with van der Waals surface area (Å²) in [6.45, 7) is 10.8. The molecule has 2 amide bonds. The molecule has 0 N–H and O–H groups in total. The first-order chi connectivity index (χ1) is 6.81. The Bertz CT molecular complexity index is 201. The van der Waals surface area contributed by atoms with E-state index in [-0.39, 0.29) is 64.2 Å². The average molecular weight is 284 g/mol. The summed E-state index contributed by atoms with van der Waals surface area (Å²) < 4.78 is 0. The molecule has 0 spiro atoms. The van der Waals surface area contributed by atoms with Gasteiger partial charge in [0.2, 0.25) is 0 Å². The Hall–Kier alpha value is 1.04. The SMILES string of the molecule is CC.CCN1CCN2C(=O)[N-]CC2C1.[Rb+]. The molecule has 0 aromatic heterocycles. The fourth-order valence-electron chi connectivity index (χ4n) is 1.89. The van der Waals surface area contributed by atoms with Crippen molar-refractivity contribution in [1.29, 1.82) is 0 Å². The van der Waals surface area contributed by atoms with E-state index < -0.39 is 0 Å². The number of urea groups is 1. The van der Waals surface area contributed by atoms with Crippen molar-refractivity contribution in [2.24, 2.45) is 0 Å². The van der Waals surface area contributed by atoms with Crippen molar-refractivity contribution in [1.82, 2.24) is 9.80 Å². The summed E-state index contributed by atoms with van der Waals surface area (Å²) in [4.78, 5) is 15.4. The van der Waals surface area contributed by atoms with Crippen LogP contribution in [0.4, 0.5) is 4.79 Å². The molecule has 1 atom stereocenters. The quantitative estimate of drug-likeness (QED) is 0.589. The Morgan fingerprint density at radius 3 is 2.67 bits per heavy atom. The molecule has 2 aliphatic rings. The number of rotatable bonds is 1. The van der Waals surface area contributed by atoms with E-state index in [4.69, 9.17) is 0 Å². The first kappa shape index (κ1) is 16.0. The molecule has 82 valence electrons. The van der Waals surface area contributed by atoms with Gasteiger partial charge in [-0.2, -0.15) is 0 Å². The summed E-state index contributed by atoms with van der Waals surface area (Å²) in [6.07, 6.45) is 0. The fraction of sp³-hybridized carbons (Fsp3) is 0.900. The summed E-state index contributed by atoms with van der Waals surface area (Å²) in [5.41, 5.74) is 0. The number of fused-ring (bicyclic) bond motifs is 1. The van der Waals surface area contributed by atoms with Crippen molar-refractivity contribution in [3.63, 3.8) is 0 Å². The van der Waals surface area contributed by atoms with E-state index >= 15 is 0 Å². The number of carbonyl (C=O) groups is 1. The third-order valence-corrected chi connectivity index (χ3v) is 2.70. The third-order valence-electron chi connectivity index (χ3n) is 2.70. The summed E-state index contributed by atoms with van der Waals surface area (Å²) in [5, 5.41) is 3.91. The number of hydrogen-bond acceptors (Lipinski definition) is 2. The first-order valence-corrected chi connectivity index (χ1v) is 5.51. The fourth-order valence-corrected chi connectivity index (χ4v) is 1.89. The second-order valence-electron chi connectivity index (χ2n) is 3.36. The molecule has 1 unspecified atom stereocenters. The van der Waals surface area contributed by atoms with Crippen LogP contribution in [0.1, 0.15) is 20.8 Å². The van der Waals surface area contributed by atoms with Gasteiger partial charge in [-0.15, -0.1) is 0 Å². The zero-order valence-corrected chi connectivity index (χ0v) is 15.3. The summed E-state index contributed by atoms with van der Waals surface area (Å²) in [5.74, 6) is 0. The molecule has 2 rings (SSSR count). The summed E-state index contributed by atoms with van der Waals surface area (Å²) in [6, 6.07) is 0.363. The second kappa shape index (κ2) is 8.17. The van der Waals surface area contributed by atoms with Gasteiger partial charge in [0.15, 0.2) is 6.03 Å². The van der Waals surface area contributed by atoms with Crippen LogP contribution in [0, 0.1) is 0 Å². The molecule has 2 aliphatic heterocycles. The molecule has 2 heterocycles. The zero-order chi connectivity index (χ0) is 10.6. The first-order valence-electron chi connectivity index (χ1n) is 5.51. The molecule has 2 saturated heterocycles. The number of carbonyl (C=O) groups excluding carboxylic acids is 1. The van der Waals surface area contributed by atoms with E-state index in [1.165, 1.54) is 0 Å². The van der Waals surface area contributed by atoms with E-state index in [9.17, 15) is 4.79 Å². The van der Waals surface area contributed by atoms with Crippen LogP contribution in [0.25, 0.3) is 5.32 Å². The van der Waals surface area contributed by atoms with Gasteiger partial charge in [0.25, 0.3) is 0 Å². The van der Waals surface area contributed by atoms with Gasteiger partial charge in [-0.05, 0) is 32.2 Å². The van der Waals surface area contributed by atoms with Crippen LogP contribution in [-0.2, 0) is 0 Å². The molecule has 15 heavy (non-hydrogen) atoms. The van der Waals surface area contributed by atoms with Crippen LogP contribution in [0.5, 0.6) is 0 Å². The van der Waals surface area contributed by atoms with Crippen LogP contribution in [-0.4, -0.2) is 54.6 Å². The minimum absolute atomic E-state index is 0. The molecular weight excluding hydrogens is 264 g/mol. The van der Waals surface area contributed by atoms with Crippen LogP contribution in [0.15, 0.2) is 0 Å². The van der Waals surface area contributed by atoms with Crippen LogP contribution in [0.2, 0.25) is 0 Å². The van der Waals surface area contributed by atoms with Crippen molar-refractivity contribution >= 4 is 6.03 Å². The molecular formula is C10H20N3ORb. The van der Waals surface area contributed by atoms with Crippen LogP contribution < -0.4 is 58.2 Å².